The van der Waals surface area contributed by atoms with Gasteiger partial charge in [0.05, 0.1) is 35.6 Å². The van der Waals surface area contributed by atoms with Crippen molar-refractivity contribution in [2.24, 2.45) is 29.0 Å². The molecule has 7 rings (SSSR count). The first-order chi connectivity index (χ1) is 29.9. The average molecular weight is 922 g/mol. The van der Waals surface area contributed by atoms with Crippen LogP contribution in [0.25, 0.3) is 11.1 Å². The third kappa shape index (κ3) is 11.1. The van der Waals surface area contributed by atoms with E-state index in [4.69, 9.17) is 37.2 Å². The van der Waals surface area contributed by atoms with Gasteiger partial charge in [-0.25, -0.2) is 0 Å². The van der Waals surface area contributed by atoms with Crippen molar-refractivity contribution < 1.29 is 28.9 Å². The molecule has 16 nitrogen and oxygen atoms in total. The summed E-state index contributed by atoms with van der Waals surface area (Å²) in [6.45, 7) is 11.5. The molecule has 2 aliphatic heterocycles. The summed E-state index contributed by atoms with van der Waals surface area (Å²) in [7, 11) is -1.76. The zero-order valence-electron chi connectivity index (χ0n) is 36.5. The quantitative estimate of drug-likeness (QED) is 0.0526. The van der Waals surface area contributed by atoms with Crippen LogP contribution in [0.3, 0.4) is 0 Å². The van der Waals surface area contributed by atoms with Gasteiger partial charge < -0.3 is 47.2 Å². The topological polar surface area (TPSA) is 284 Å². The van der Waals surface area contributed by atoms with Crippen molar-refractivity contribution in [3.8, 4) is 23.6 Å². The zero-order chi connectivity index (χ0) is 46.3. The Balaban J connectivity index is 0.000000197. The number of hydrogen-bond acceptors (Lipinski definition) is 12. The normalized spacial score (nSPS) is 20.5. The Labute approximate surface area is 377 Å². The van der Waals surface area contributed by atoms with E-state index in [2.05, 4.69) is 43.8 Å². The first-order valence-electron chi connectivity index (χ1n) is 20.9. The van der Waals surface area contributed by atoms with Crippen LogP contribution in [0.5, 0.6) is 11.5 Å². The summed E-state index contributed by atoms with van der Waals surface area (Å²) >= 11 is 3.46. The van der Waals surface area contributed by atoms with Gasteiger partial charge in [0.1, 0.15) is 22.9 Å². The Morgan fingerprint density at radius 1 is 0.857 bits per heavy atom. The van der Waals surface area contributed by atoms with E-state index in [9.17, 15) is 24.9 Å². The van der Waals surface area contributed by atoms with E-state index in [0.717, 1.165) is 112 Å². The van der Waals surface area contributed by atoms with E-state index in [1.54, 1.807) is 10.9 Å². The van der Waals surface area contributed by atoms with Crippen LogP contribution >= 0.6 is 15.9 Å². The van der Waals surface area contributed by atoms with Crippen molar-refractivity contribution in [2.75, 3.05) is 5.32 Å². The summed E-state index contributed by atoms with van der Waals surface area (Å²) in [5.74, 6) is -0.0951. The number of hydrogen-bond donors (Lipinski definition) is 8. The fraction of sp³-hybridized carbons (Fsp3) is 0.409. The molecular weight excluding hydrogens is 866 g/mol. The molecule has 2 saturated carbocycles. The number of anilines is 2. The number of allylic oxidation sites excluding steroid dienone is 4. The van der Waals surface area contributed by atoms with Gasteiger partial charge in [-0.3, -0.25) is 19.7 Å². The fourth-order valence-corrected chi connectivity index (χ4v) is 8.72. The Morgan fingerprint density at radius 3 is 1.95 bits per heavy atom. The summed E-state index contributed by atoms with van der Waals surface area (Å²) in [5, 5.41) is 56.3. The molecule has 2 aromatic carbocycles. The first kappa shape index (κ1) is 48.0. The highest BCUT2D eigenvalue weighted by Gasteiger charge is 2.32. The van der Waals surface area contributed by atoms with E-state index in [0.29, 0.717) is 11.6 Å². The second kappa shape index (κ2) is 20.9. The number of aryl methyl sites for hydroxylation is 2. The van der Waals surface area contributed by atoms with Crippen LogP contribution in [0.1, 0.15) is 118 Å². The minimum Gasteiger partial charge on any atom is -0.532 e. The number of aromatic nitrogens is 2. The molecule has 0 spiro atoms. The van der Waals surface area contributed by atoms with Gasteiger partial charge in [0, 0.05) is 39.7 Å². The number of amides is 2. The molecule has 1 aromatic heterocycles. The van der Waals surface area contributed by atoms with Gasteiger partial charge in [-0.05, 0) is 125 Å². The molecule has 2 amide bonds. The van der Waals surface area contributed by atoms with Crippen LogP contribution in [0, 0.1) is 53.8 Å². The maximum atomic E-state index is 12.1. The molecule has 63 heavy (non-hydrogen) atoms. The van der Waals surface area contributed by atoms with Crippen LogP contribution < -0.4 is 37.1 Å². The van der Waals surface area contributed by atoms with Gasteiger partial charge in [0.15, 0.2) is 5.82 Å². The Bertz CT molecular complexity index is 2440. The predicted octanol–water partition coefficient (Wildman–Crippen LogP) is 6.42. The van der Waals surface area contributed by atoms with E-state index >= 15 is 0 Å². The van der Waals surface area contributed by atoms with Gasteiger partial charge in [-0.2, -0.15) is 15.6 Å². The van der Waals surface area contributed by atoms with Crippen molar-refractivity contribution in [3.63, 3.8) is 0 Å². The number of nitrogens with zero attached hydrogens (tertiary/aromatic N) is 4. The molecule has 2 fully saturated rings. The highest BCUT2D eigenvalue weighted by molar-refractivity contribution is 9.10. The standard InChI is InChI=1S/C22H26BN5O3.C11H12BBrO2.C11H17N5O/c1-12-8-16(9-17-13(2)14(3)23(30)31-20(12)17)26-22-18(21(25)29)11-28(27-22)19-7-5-4-6-15(19)10-24;1-6-4-9(13)5-10-7(2)8(3)12(14)15-11(6)10;12-5-7-3-1-2-4-9(7)16-6-8(10(13)14)11(15)17/h8-9,11,15,19,30H,4-7H2,1-3H3,(H2,25,29)(H,26,27);4-5,14H,1-3H3;6-7,9,16H,1-4H2,(H3,13,14)(H2,15,17)/b;;8-6+/t15-,19+;;7-,9+/m1.1/s1. The molecule has 11 N–H and O–H groups in total. The lowest BCUT2D eigenvalue weighted by Crippen LogP contribution is -2.36. The number of benzene rings is 2. The molecule has 0 bridgehead atoms. The molecular formula is C44H55B2BrN10O6. The van der Waals surface area contributed by atoms with E-state index in [1.807, 2.05) is 65.8 Å². The van der Waals surface area contributed by atoms with Crippen molar-refractivity contribution >= 4 is 70.5 Å². The minimum absolute atomic E-state index is 0.00227. The van der Waals surface area contributed by atoms with Crippen molar-refractivity contribution in [1.82, 2.24) is 15.1 Å². The van der Waals surface area contributed by atoms with Crippen molar-refractivity contribution in [1.29, 1.82) is 15.9 Å². The number of rotatable bonds is 8. The Kier molecular flexibility index (Phi) is 15.9. The number of primary amides is 2. The molecule has 0 radical (unpaired) electrons. The van der Waals surface area contributed by atoms with Gasteiger partial charge in [0.25, 0.3) is 11.8 Å². The summed E-state index contributed by atoms with van der Waals surface area (Å²) in [5.41, 5.74) is 24.4. The molecule has 0 saturated heterocycles. The van der Waals surface area contributed by atoms with Crippen LogP contribution in [0.15, 0.2) is 57.7 Å². The zero-order valence-corrected chi connectivity index (χ0v) is 38.1. The molecule has 330 valence electrons. The lowest BCUT2D eigenvalue weighted by Gasteiger charge is -2.27. The number of nitrogens with one attached hydrogen (secondary N) is 3. The van der Waals surface area contributed by atoms with Crippen molar-refractivity contribution in [3.05, 3.63) is 85.5 Å². The van der Waals surface area contributed by atoms with Crippen LogP contribution in [-0.2, 0) is 4.79 Å². The van der Waals surface area contributed by atoms with Crippen LogP contribution in [0.4, 0.5) is 11.5 Å². The second-order valence-corrected chi connectivity index (χ2v) is 17.3. The molecule has 3 heterocycles. The number of halogens is 1. The summed E-state index contributed by atoms with van der Waals surface area (Å²) in [6, 6.07) is 12.3. The maximum absolute atomic E-state index is 12.1. The average Bonchev–Trinajstić information content (AvgIpc) is 3.67. The fourth-order valence-electron chi connectivity index (χ4n) is 8.15. The first-order valence-corrected chi connectivity index (χ1v) is 21.7. The minimum atomic E-state index is -0.953. The van der Waals surface area contributed by atoms with Gasteiger partial charge in [-0.15, -0.1) is 0 Å². The van der Waals surface area contributed by atoms with Gasteiger partial charge in [0.2, 0.25) is 0 Å². The van der Waals surface area contributed by atoms with Crippen LogP contribution in [0.2, 0.25) is 0 Å². The second-order valence-electron chi connectivity index (χ2n) is 16.4. The molecule has 4 atom stereocenters. The van der Waals surface area contributed by atoms with Gasteiger partial charge >= 0.3 is 14.2 Å². The summed E-state index contributed by atoms with van der Waals surface area (Å²) in [4.78, 5) is 23.1. The smallest absolute Gasteiger partial charge is 0.532 e. The molecule has 0 unspecified atom stereocenters. The Morgan fingerprint density at radius 2 is 1.40 bits per heavy atom. The highest BCUT2D eigenvalue weighted by atomic mass is 79.9. The number of nitriles is 2. The van der Waals surface area contributed by atoms with E-state index in [1.165, 1.54) is 6.20 Å². The molecule has 3 aromatic rings. The third-order valence-electron chi connectivity index (χ3n) is 12.1. The van der Waals surface area contributed by atoms with Gasteiger partial charge in [-0.1, -0.05) is 41.6 Å². The predicted molar refractivity (Wildman–Crippen MR) is 248 cm³/mol. The summed E-state index contributed by atoms with van der Waals surface area (Å²) < 4.78 is 13.9. The highest BCUT2D eigenvalue weighted by Crippen LogP contribution is 2.41. The SMILES string of the molecule is CC1=C(C)c2cc(Br)cc(C)c2OB1O.CC1=C(C)c2cc(Nc3nn([C@H]4CCCC[C@@H]4C#N)cc3C(N)=O)cc(C)c2OB1O.N#C[C@H]1CCCC[C@@H]1N/C=C(\C(=N)N)C(N)=O. The number of nitrogens with two attached hydrogens (primary N) is 3. The lowest BCUT2D eigenvalue weighted by molar-refractivity contribution is -0.114. The van der Waals surface area contributed by atoms with Crippen LogP contribution in [-0.4, -0.2) is 57.8 Å². The Hall–Kier alpha value is -6.01. The number of carbonyl (C=O) groups is 2. The third-order valence-corrected chi connectivity index (χ3v) is 12.6. The lowest BCUT2D eigenvalue weighted by atomic mass is 9.73. The summed E-state index contributed by atoms with van der Waals surface area (Å²) in [6.07, 6.45) is 10.6. The maximum Gasteiger partial charge on any atom is 0.555 e. The monoisotopic (exact) mass is 920 g/mol. The molecule has 4 aliphatic rings. The number of fused-ring (bicyclic) bond motifs is 2. The van der Waals surface area contributed by atoms with Crippen molar-refractivity contribution in [2.45, 2.75) is 105 Å². The number of amidine groups is 1. The molecule has 19 heteroatoms. The molecule has 2 aliphatic carbocycles. The number of carbonyl (C=O) groups excluding carboxylic acids is 2. The van der Waals surface area contributed by atoms with E-state index in [-0.39, 0.29) is 40.9 Å². The largest absolute Gasteiger partial charge is 0.555 e. The van der Waals surface area contributed by atoms with E-state index < -0.39 is 26.1 Å².